The molecule has 0 radical (unpaired) electrons. The van der Waals surface area contributed by atoms with Gasteiger partial charge in [-0.25, -0.2) is 4.68 Å². The van der Waals surface area contributed by atoms with E-state index in [1.807, 2.05) is 0 Å². The number of aromatic nitrogens is 4. The highest BCUT2D eigenvalue weighted by Crippen LogP contribution is 2.10. The van der Waals surface area contributed by atoms with Gasteiger partial charge in [0.15, 0.2) is 5.76 Å². The van der Waals surface area contributed by atoms with Gasteiger partial charge in [0.05, 0.1) is 6.20 Å². The maximum atomic E-state index is 4.95. The van der Waals surface area contributed by atoms with E-state index in [0.29, 0.717) is 11.1 Å². The molecule has 0 fully saturated rings. The van der Waals surface area contributed by atoms with Gasteiger partial charge in [-0.1, -0.05) is 10.4 Å². The topological polar surface area (TPSA) is 56.7 Å². The molecule has 0 N–H and O–H groups in total. The van der Waals surface area contributed by atoms with E-state index in [2.05, 4.69) is 31.4 Å². The van der Waals surface area contributed by atoms with Crippen molar-refractivity contribution >= 4 is 15.9 Å². The Balaban J connectivity index is 2.14. The molecule has 6 heteroatoms. The number of hydrogen-bond acceptors (Lipinski definition) is 4. The van der Waals surface area contributed by atoms with Crippen LogP contribution in [0.2, 0.25) is 0 Å². The third-order valence-corrected chi connectivity index (χ3v) is 1.69. The summed E-state index contributed by atoms with van der Waals surface area (Å²) >= 11 is 3.19. The first-order chi connectivity index (χ1) is 5.84. The van der Waals surface area contributed by atoms with Crippen molar-refractivity contribution in [1.82, 2.24) is 20.2 Å². The normalized spacial score (nSPS) is 10.4. The van der Waals surface area contributed by atoms with Crippen LogP contribution in [0, 0.1) is 0 Å². The molecule has 0 amide bonds. The van der Waals surface area contributed by atoms with Crippen LogP contribution in [0.25, 0.3) is 0 Å². The van der Waals surface area contributed by atoms with Crippen molar-refractivity contribution in [2.24, 2.45) is 0 Å². The zero-order chi connectivity index (χ0) is 8.39. The van der Waals surface area contributed by atoms with E-state index in [4.69, 9.17) is 4.52 Å². The molecule has 2 aromatic heterocycles. The number of rotatable bonds is 2. The van der Waals surface area contributed by atoms with E-state index in [-0.39, 0.29) is 0 Å². The molecule has 12 heavy (non-hydrogen) atoms. The van der Waals surface area contributed by atoms with Gasteiger partial charge in [0.2, 0.25) is 0 Å². The van der Waals surface area contributed by atoms with Gasteiger partial charge in [0, 0.05) is 12.3 Å². The van der Waals surface area contributed by atoms with Crippen LogP contribution in [0.1, 0.15) is 5.76 Å². The number of hydrogen-bond donors (Lipinski definition) is 0. The zero-order valence-corrected chi connectivity index (χ0v) is 7.60. The predicted octanol–water partition coefficient (Wildman–Crippen LogP) is 1.08. The molecule has 0 saturated heterocycles. The molecular formula is C6H5BrN4O. The van der Waals surface area contributed by atoms with Crippen LogP contribution in [0.15, 0.2) is 27.6 Å². The third kappa shape index (κ3) is 1.53. The minimum Gasteiger partial charge on any atom is -0.358 e. The summed E-state index contributed by atoms with van der Waals surface area (Å²) in [4.78, 5) is 0. The van der Waals surface area contributed by atoms with Crippen molar-refractivity contribution in [3.05, 3.63) is 28.8 Å². The number of halogens is 1. The maximum absolute atomic E-state index is 4.95. The lowest BCUT2D eigenvalue weighted by Crippen LogP contribution is -1.98. The second kappa shape index (κ2) is 3.06. The lowest BCUT2D eigenvalue weighted by molar-refractivity contribution is 0.367. The first-order valence-corrected chi connectivity index (χ1v) is 4.09. The van der Waals surface area contributed by atoms with Crippen molar-refractivity contribution < 1.29 is 4.52 Å². The smallest absolute Gasteiger partial charge is 0.159 e. The molecule has 2 heterocycles. The summed E-state index contributed by atoms with van der Waals surface area (Å²) in [7, 11) is 0. The Hall–Kier alpha value is -1.17. The van der Waals surface area contributed by atoms with Gasteiger partial charge in [-0.2, -0.15) is 0 Å². The van der Waals surface area contributed by atoms with E-state index >= 15 is 0 Å². The molecule has 0 aliphatic rings. The highest BCUT2D eigenvalue weighted by atomic mass is 79.9. The van der Waals surface area contributed by atoms with E-state index in [1.165, 1.54) is 0 Å². The first-order valence-electron chi connectivity index (χ1n) is 3.30. The molecule has 0 aliphatic carbocycles. The van der Waals surface area contributed by atoms with Crippen LogP contribution < -0.4 is 0 Å². The summed E-state index contributed by atoms with van der Waals surface area (Å²) in [5.74, 6) is 0.743. The van der Waals surface area contributed by atoms with Crippen LogP contribution in [0.5, 0.6) is 0 Å². The molecule has 0 spiro atoms. The lowest BCUT2D eigenvalue weighted by atomic mass is 10.5. The van der Waals surface area contributed by atoms with Crippen molar-refractivity contribution in [2.75, 3.05) is 0 Å². The highest BCUT2D eigenvalue weighted by Gasteiger charge is 2.01. The molecule has 62 valence electrons. The molecule has 0 bridgehead atoms. The number of nitrogens with zero attached hydrogens (tertiary/aromatic N) is 4. The molecule has 0 unspecified atom stereocenters. The summed E-state index contributed by atoms with van der Waals surface area (Å²) in [5, 5.41) is 11.1. The Morgan fingerprint density at radius 1 is 1.58 bits per heavy atom. The van der Waals surface area contributed by atoms with Crippen molar-refractivity contribution in [3.63, 3.8) is 0 Å². The molecule has 2 rings (SSSR count). The fourth-order valence-electron chi connectivity index (χ4n) is 0.839. The van der Waals surface area contributed by atoms with E-state index in [1.54, 1.807) is 23.1 Å². The Bertz CT molecular complexity index is 355. The third-order valence-electron chi connectivity index (χ3n) is 1.32. The average molecular weight is 229 g/mol. The monoisotopic (exact) mass is 228 g/mol. The van der Waals surface area contributed by atoms with E-state index in [0.717, 1.165) is 5.76 Å². The second-order valence-corrected chi connectivity index (χ2v) is 3.03. The van der Waals surface area contributed by atoms with Crippen LogP contribution in [0.3, 0.4) is 0 Å². The van der Waals surface area contributed by atoms with Gasteiger partial charge in [-0.05, 0) is 15.9 Å². The average Bonchev–Trinajstić information content (AvgIpc) is 2.63. The van der Waals surface area contributed by atoms with Gasteiger partial charge in [-0.15, -0.1) is 5.10 Å². The molecule has 2 aromatic rings. The van der Waals surface area contributed by atoms with Crippen molar-refractivity contribution in [1.29, 1.82) is 0 Å². The quantitative estimate of drug-likeness (QED) is 0.772. The Labute approximate surface area is 76.5 Å². The SMILES string of the molecule is Brc1cc(Cn2ccnn2)on1. The zero-order valence-electron chi connectivity index (χ0n) is 6.01. The van der Waals surface area contributed by atoms with Gasteiger partial charge in [0.1, 0.15) is 11.1 Å². The first kappa shape index (κ1) is 7.48. The molecular weight excluding hydrogens is 224 g/mol. The maximum Gasteiger partial charge on any atom is 0.159 e. The second-order valence-electron chi connectivity index (χ2n) is 2.22. The summed E-state index contributed by atoms with van der Waals surface area (Å²) in [5.41, 5.74) is 0. The molecule has 5 nitrogen and oxygen atoms in total. The summed E-state index contributed by atoms with van der Waals surface area (Å²) < 4.78 is 7.30. The van der Waals surface area contributed by atoms with Crippen molar-refractivity contribution in [2.45, 2.75) is 6.54 Å². The van der Waals surface area contributed by atoms with Crippen LogP contribution in [-0.4, -0.2) is 20.2 Å². The Kier molecular flexibility index (Phi) is 1.91. The highest BCUT2D eigenvalue weighted by molar-refractivity contribution is 9.10. The Morgan fingerprint density at radius 3 is 3.08 bits per heavy atom. The van der Waals surface area contributed by atoms with Crippen LogP contribution in [-0.2, 0) is 6.54 Å². The minimum atomic E-state index is 0.554. The van der Waals surface area contributed by atoms with Gasteiger partial charge in [0.25, 0.3) is 0 Å². The summed E-state index contributed by atoms with van der Waals surface area (Å²) in [6.07, 6.45) is 3.38. The fraction of sp³-hybridized carbons (Fsp3) is 0.167. The minimum absolute atomic E-state index is 0.554. The molecule has 0 saturated carbocycles. The lowest BCUT2D eigenvalue weighted by Gasteiger charge is -1.91. The largest absolute Gasteiger partial charge is 0.358 e. The Morgan fingerprint density at radius 2 is 2.50 bits per heavy atom. The van der Waals surface area contributed by atoms with Crippen LogP contribution in [0.4, 0.5) is 0 Å². The summed E-state index contributed by atoms with van der Waals surface area (Å²) in [6, 6.07) is 1.79. The standard InChI is InChI=1S/C6H5BrN4O/c7-6-3-5(12-9-6)4-11-2-1-8-10-11/h1-3H,4H2. The summed E-state index contributed by atoms with van der Waals surface area (Å²) in [6.45, 7) is 0.554. The van der Waals surface area contributed by atoms with Crippen molar-refractivity contribution in [3.8, 4) is 0 Å². The van der Waals surface area contributed by atoms with Gasteiger partial charge < -0.3 is 4.52 Å². The molecule has 0 atom stereocenters. The van der Waals surface area contributed by atoms with Gasteiger partial charge in [-0.3, -0.25) is 0 Å². The fourth-order valence-corrected chi connectivity index (χ4v) is 1.17. The molecule has 0 aliphatic heterocycles. The van der Waals surface area contributed by atoms with E-state index in [9.17, 15) is 0 Å². The molecule has 0 aromatic carbocycles. The van der Waals surface area contributed by atoms with Gasteiger partial charge >= 0.3 is 0 Å². The van der Waals surface area contributed by atoms with Crippen LogP contribution >= 0.6 is 15.9 Å². The predicted molar refractivity (Wildman–Crippen MR) is 43.3 cm³/mol. The van der Waals surface area contributed by atoms with E-state index < -0.39 is 0 Å².